The summed E-state index contributed by atoms with van der Waals surface area (Å²) in [6.07, 6.45) is 14.8. The highest BCUT2D eigenvalue weighted by Gasteiger charge is 2.53. The first-order valence-electron chi connectivity index (χ1n) is 12.6. The van der Waals surface area contributed by atoms with E-state index in [1.165, 1.54) is 25.7 Å². The van der Waals surface area contributed by atoms with E-state index in [0.29, 0.717) is 11.8 Å². The van der Waals surface area contributed by atoms with Crippen LogP contribution in [0.5, 0.6) is 0 Å². The van der Waals surface area contributed by atoms with Crippen LogP contribution in [-0.4, -0.2) is 22.7 Å². The van der Waals surface area contributed by atoms with Crippen LogP contribution in [0.3, 0.4) is 0 Å². The molecule has 2 N–H and O–H groups in total. The lowest BCUT2D eigenvalue weighted by molar-refractivity contribution is -0.383. The lowest BCUT2D eigenvalue weighted by atomic mass is 9.60. The van der Waals surface area contributed by atoms with E-state index in [1.807, 2.05) is 0 Å². The molecule has 0 saturated carbocycles. The Bertz CT molecular complexity index is 356. The average molecular weight is 417 g/mol. The summed E-state index contributed by atoms with van der Waals surface area (Å²) in [6.45, 7) is 13.5. The minimum atomic E-state index is -0.678. The van der Waals surface area contributed by atoms with E-state index in [9.17, 15) is 10.5 Å². The van der Waals surface area contributed by atoms with Gasteiger partial charge in [0, 0.05) is 5.41 Å². The van der Waals surface area contributed by atoms with E-state index < -0.39 is 5.60 Å². The summed E-state index contributed by atoms with van der Waals surface area (Å²) in [4.78, 5) is 10.4. The minimum absolute atomic E-state index is 0.221. The van der Waals surface area contributed by atoms with Crippen molar-refractivity contribution in [1.82, 2.24) is 0 Å². The van der Waals surface area contributed by atoms with Crippen molar-refractivity contribution in [2.75, 3.05) is 6.61 Å². The second kappa shape index (κ2) is 16.5. The molecule has 3 unspecified atom stereocenters. The van der Waals surface area contributed by atoms with Crippen molar-refractivity contribution >= 4 is 0 Å². The zero-order chi connectivity index (χ0) is 22.2. The van der Waals surface area contributed by atoms with Crippen LogP contribution in [0.2, 0.25) is 0 Å². The van der Waals surface area contributed by atoms with E-state index >= 15 is 0 Å². The van der Waals surface area contributed by atoms with Crippen LogP contribution in [0, 0.1) is 17.3 Å². The van der Waals surface area contributed by atoms with Crippen molar-refractivity contribution in [3.8, 4) is 0 Å². The Morgan fingerprint density at radius 3 is 1.52 bits per heavy atom. The van der Waals surface area contributed by atoms with Gasteiger partial charge in [-0.25, -0.2) is 9.78 Å². The van der Waals surface area contributed by atoms with Gasteiger partial charge < -0.3 is 0 Å². The van der Waals surface area contributed by atoms with Crippen molar-refractivity contribution in [3.05, 3.63) is 0 Å². The second-order valence-corrected chi connectivity index (χ2v) is 9.34. The number of hydrogen-bond acceptors (Lipinski definition) is 4. The smallest absolute Gasteiger partial charge is 0.112 e. The third-order valence-corrected chi connectivity index (χ3v) is 7.49. The van der Waals surface area contributed by atoms with Gasteiger partial charge >= 0.3 is 0 Å². The Hall–Kier alpha value is -0.160. The third kappa shape index (κ3) is 8.85. The van der Waals surface area contributed by atoms with Crippen LogP contribution >= 0.6 is 0 Å². The molecule has 176 valence electrons. The lowest BCUT2D eigenvalue weighted by Gasteiger charge is -2.50. The maximum absolute atomic E-state index is 10.5. The SMILES string of the molecule is CCCCC(CC)CC(CC(CC)CCCC)(OO)C(CC)(CCCC)COO. The van der Waals surface area contributed by atoms with Crippen LogP contribution in [0.1, 0.15) is 131 Å². The molecule has 0 spiro atoms. The number of rotatable bonds is 20. The van der Waals surface area contributed by atoms with Gasteiger partial charge in [-0.15, -0.1) is 0 Å². The van der Waals surface area contributed by atoms with Crippen LogP contribution in [0.4, 0.5) is 0 Å². The zero-order valence-corrected chi connectivity index (χ0v) is 20.5. The standard InChI is InChI=1S/C25H52O4/c1-7-13-16-22(10-4)19-25(29-27,20-23(11-5)17-14-8-2)24(12-6,21-28-26)18-15-9-3/h22-23,26-27H,7-21H2,1-6H3. The van der Waals surface area contributed by atoms with Crippen molar-refractivity contribution in [2.45, 2.75) is 137 Å². The Balaban J connectivity index is 6.08. The van der Waals surface area contributed by atoms with Crippen LogP contribution in [0.25, 0.3) is 0 Å². The first-order chi connectivity index (χ1) is 14.0. The van der Waals surface area contributed by atoms with Crippen LogP contribution < -0.4 is 0 Å². The zero-order valence-electron chi connectivity index (χ0n) is 20.5. The summed E-state index contributed by atoms with van der Waals surface area (Å²) >= 11 is 0. The van der Waals surface area contributed by atoms with Gasteiger partial charge in [0.2, 0.25) is 0 Å². The summed E-state index contributed by atoms with van der Waals surface area (Å²) < 4.78 is 0. The highest BCUT2D eigenvalue weighted by atomic mass is 17.1. The fourth-order valence-corrected chi connectivity index (χ4v) is 5.18. The number of hydrogen-bond donors (Lipinski definition) is 2. The summed E-state index contributed by atoms with van der Waals surface area (Å²) in [5.41, 5.74) is -1.06. The molecule has 0 rings (SSSR count). The Labute approximate surface area is 181 Å². The lowest BCUT2D eigenvalue weighted by Crippen LogP contribution is -2.54. The maximum Gasteiger partial charge on any atom is 0.112 e. The molecule has 0 saturated heterocycles. The van der Waals surface area contributed by atoms with Crippen LogP contribution in [0.15, 0.2) is 0 Å². The Morgan fingerprint density at radius 1 is 0.724 bits per heavy atom. The monoisotopic (exact) mass is 416 g/mol. The fraction of sp³-hybridized carbons (Fsp3) is 1.00. The van der Waals surface area contributed by atoms with E-state index in [2.05, 4.69) is 41.5 Å². The topological polar surface area (TPSA) is 58.9 Å². The summed E-state index contributed by atoms with van der Waals surface area (Å²) in [5, 5.41) is 20.0. The van der Waals surface area contributed by atoms with Gasteiger partial charge in [0.15, 0.2) is 0 Å². The second-order valence-electron chi connectivity index (χ2n) is 9.34. The molecular weight excluding hydrogens is 364 g/mol. The van der Waals surface area contributed by atoms with Gasteiger partial charge in [0.25, 0.3) is 0 Å². The van der Waals surface area contributed by atoms with Crippen molar-refractivity contribution in [3.63, 3.8) is 0 Å². The van der Waals surface area contributed by atoms with Gasteiger partial charge in [-0.3, -0.25) is 10.5 Å². The first kappa shape index (κ1) is 28.8. The molecule has 29 heavy (non-hydrogen) atoms. The molecule has 0 aromatic rings. The Morgan fingerprint density at radius 2 is 1.21 bits per heavy atom. The summed E-state index contributed by atoms with van der Waals surface area (Å²) in [7, 11) is 0. The first-order valence-corrected chi connectivity index (χ1v) is 12.6. The van der Waals surface area contributed by atoms with Crippen LogP contribution in [-0.2, 0) is 9.78 Å². The molecule has 0 heterocycles. The molecule has 0 aromatic carbocycles. The molecule has 4 nitrogen and oxygen atoms in total. The van der Waals surface area contributed by atoms with E-state index in [4.69, 9.17) is 9.78 Å². The van der Waals surface area contributed by atoms with Gasteiger partial charge in [0.05, 0.1) is 6.61 Å². The van der Waals surface area contributed by atoms with Gasteiger partial charge in [0.1, 0.15) is 5.60 Å². The molecule has 0 aliphatic rings. The Kier molecular flexibility index (Phi) is 16.4. The fourth-order valence-electron chi connectivity index (χ4n) is 5.18. The van der Waals surface area contributed by atoms with Crippen molar-refractivity contribution in [2.24, 2.45) is 17.3 Å². The van der Waals surface area contributed by atoms with E-state index in [0.717, 1.165) is 64.2 Å². The molecule has 0 aliphatic carbocycles. The molecular formula is C25H52O4. The molecule has 3 atom stereocenters. The molecule has 0 radical (unpaired) electrons. The predicted octanol–water partition coefficient (Wildman–Crippen LogP) is 8.50. The molecule has 4 heteroatoms. The van der Waals surface area contributed by atoms with Gasteiger partial charge in [-0.05, 0) is 37.5 Å². The van der Waals surface area contributed by atoms with E-state index in [-0.39, 0.29) is 12.0 Å². The van der Waals surface area contributed by atoms with Gasteiger partial charge in [-0.2, -0.15) is 0 Å². The molecule has 0 aliphatic heterocycles. The number of unbranched alkanes of at least 4 members (excludes halogenated alkanes) is 3. The third-order valence-electron chi connectivity index (χ3n) is 7.49. The normalized spacial score (nSPS) is 18.2. The highest BCUT2D eigenvalue weighted by Crippen LogP contribution is 2.51. The summed E-state index contributed by atoms with van der Waals surface area (Å²) in [5.74, 6) is 1.02. The van der Waals surface area contributed by atoms with Crippen molar-refractivity contribution in [1.29, 1.82) is 0 Å². The molecule has 0 bridgehead atoms. The highest BCUT2D eigenvalue weighted by molar-refractivity contribution is 5.01. The quantitative estimate of drug-likeness (QED) is 0.154. The summed E-state index contributed by atoms with van der Waals surface area (Å²) in [6, 6.07) is 0. The maximum atomic E-state index is 10.5. The largest absolute Gasteiger partial charge is 0.252 e. The van der Waals surface area contributed by atoms with Gasteiger partial charge in [-0.1, -0.05) is 106 Å². The molecule has 0 fully saturated rings. The average Bonchev–Trinajstić information content (AvgIpc) is 2.75. The molecule has 0 aromatic heterocycles. The minimum Gasteiger partial charge on any atom is -0.252 e. The molecule has 0 amide bonds. The van der Waals surface area contributed by atoms with E-state index in [1.54, 1.807) is 0 Å². The van der Waals surface area contributed by atoms with Crippen molar-refractivity contribution < 1.29 is 20.3 Å². The predicted molar refractivity (Wildman–Crippen MR) is 123 cm³/mol.